The average molecular weight is 214 g/mol. The highest BCUT2D eigenvalue weighted by molar-refractivity contribution is 5.79. The largest absolute Gasteiger partial charge is 0.368 e. The number of hydrogen-bond acceptors (Lipinski definition) is 4. The lowest BCUT2D eigenvalue weighted by atomic mass is 10.2. The van der Waals surface area contributed by atoms with E-state index in [1.807, 2.05) is 0 Å². The van der Waals surface area contributed by atoms with Crippen molar-refractivity contribution in [3.63, 3.8) is 0 Å². The van der Waals surface area contributed by atoms with Crippen molar-refractivity contribution in [1.82, 2.24) is 10.2 Å². The second-order valence-electron chi connectivity index (χ2n) is 4.33. The fourth-order valence-corrected chi connectivity index (χ4v) is 1.85. The van der Waals surface area contributed by atoms with Gasteiger partial charge in [-0.05, 0) is 32.9 Å². The molecule has 0 spiro atoms. The third-order valence-corrected chi connectivity index (χ3v) is 2.78. The normalized spacial score (nSPS) is 21.5. The van der Waals surface area contributed by atoms with Crippen molar-refractivity contribution in [2.24, 2.45) is 11.5 Å². The van der Waals surface area contributed by atoms with Gasteiger partial charge in [-0.2, -0.15) is 0 Å². The van der Waals surface area contributed by atoms with E-state index in [2.05, 4.69) is 17.1 Å². The van der Waals surface area contributed by atoms with Crippen molar-refractivity contribution in [3.8, 4) is 0 Å². The van der Waals surface area contributed by atoms with Gasteiger partial charge in [0, 0.05) is 19.1 Å². The van der Waals surface area contributed by atoms with E-state index in [4.69, 9.17) is 11.5 Å². The minimum Gasteiger partial charge on any atom is -0.368 e. The molecule has 2 unspecified atom stereocenters. The zero-order valence-electron chi connectivity index (χ0n) is 9.41. The van der Waals surface area contributed by atoms with Gasteiger partial charge < -0.3 is 21.7 Å². The Morgan fingerprint density at radius 2 is 2.07 bits per heavy atom. The molecule has 1 amide bonds. The first-order valence-electron chi connectivity index (χ1n) is 5.60. The van der Waals surface area contributed by atoms with Crippen LogP contribution in [0, 0.1) is 0 Å². The summed E-state index contributed by atoms with van der Waals surface area (Å²) in [5.41, 5.74) is 10.6. The maximum Gasteiger partial charge on any atom is 0.235 e. The first-order chi connectivity index (χ1) is 7.09. The van der Waals surface area contributed by atoms with Crippen molar-refractivity contribution in [2.75, 3.05) is 26.2 Å². The molecular formula is C10H22N4O. The number of carbonyl (C=O) groups excluding carboxylic acids is 1. The lowest BCUT2D eigenvalue weighted by Gasteiger charge is -2.22. The summed E-state index contributed by atoms with van der Waals surface area (Å²) in [7, 11) is 0. The Morgan fingerprint density at radius 3 is 2.60 bits per heavy atom. The molecule has 0 aliphatic carbocycles. The number of nitrogens with zero attached hydrogens (tertiary/aromatic N) is 1. The molecule has 0 bridgehead atoms. The predicted octanol–water partition coefficient (Wildman–Crippen LogP) is -1.13. The Labute approximate surface area is 91.2 Å². The van der Waals surface area contributed by atoms with Crippen LogP contribution in [0.5, 0.6) is 0 Å². The summed E-state index contributed by atoms with van der Waals surface area (Å²) in [5, 5.41) is 3.22. The number of likely N-dealkylation sites (tertiary alicyclic amines) is 1. The molecule has 5 heteroatoms. The number of amides is 1. The maximum atomic E-state index is 10.7. The SMILES string of the molecule is CC(CN1CCCC1)NCC(N)C(N)=O. The second-order valence-corrected chi connectivity index (χ2v) is 4.33. The van der Waals surface area contributed by atoms with Gasteiger partial charge in [0.2, 0.25) is 5.91 Å². The minimum atomic E-state index is -0.578. The van der Waals surface area contributed by atoms with Crippen molar-refractivity contribution >= 4 is 5.91 Å². The minimum absolute atomic E-state index is 0.355. The molecule has 1 heterocycles. The second kappa shape index (κ2) is 6.05. The van der Waals surface area contributed by atoms with E-state index in [9.17, 15) is 4.79 Å². The van der Waals surface area contributed by atoms with E-state index < -0.39 is 11.9 Å². The predicted molar refractivity (Wildman–Crippen MR) is 60.3 cm³/mol. The Kier molecular flexibility index (Phi) is 5.01. The van der Waals surface area contributed by atoms with Crippen LogP contribution in [-0.2, 0) is 4.79 Å². The first-order valence-corrected chi connectivity index (χ1v) is 5.60. The zero-order valence-corrected chi connectivity index (χ0v) is 9.41. The maximum absolute atomic E-state index is 10.7. The number of carbonyl (C=O) groups is 1. The summed E-state index contributed by atoms with van der Waals surface area (Å²) in [6, 6.07) is -0.223. The van der Waals surface area contributed by atoms with Crippen molar-refractivity contribution in [2.45, 2.75) is 31.8 Å². The van der Waals surface area contributed by atoms with Crippen molar-refractivity contribution in [3.05, 3.63) is 0 Å². The highest BCUT2D eigenvalue weighted by atomic mass is 16.1. The van der Waals surface area contributed by atoms with Gasteiger partial charge in [-0.25, -0.2) is 0 Å². The number of primary amides is 1. The Bertz CT molecular complexity index is 204. The van der Waals surface area contributed by atoms with Gasteiger partial charge >= 0.3 is 0 Å². The molecule has 1 aliphatic heterocycles. The molecule has 88 valence electrons. The van der Waals surface area contributed by atoms with Gasteiger partial charge in [0.05, 0.1) is 6.04 Å². The van der Waals surface area contributed by atoms with Crippen LogP contribution in [0.25, 0.3) is 0 Å². The molecule has 0 aromatic rings. The fourth-order valence-electron chi connectivity index (χ4n) is 1.85. The smallest absolute Gasteiger partial charge is 0.235 e. The van der Waals surface area contributed by atoms with Crippen LogP contribution < -0.4 is 16.8 Å². The standard InChI is InChI=1S/C10H22N4O/c1-8(7-14-4-2-3-5-14)13-6-9(11)10(12)15/h8-9,13H,2-7,11H2,1H3,(H2,12,15). The molecule has 1 rings (SSSR count). The Hall–Kier alpha value is -0.650. The Balaban J connectivity index is 2.12. The quantitative estimate of drug-likeness (QED) is 0.522. The molecule has 0 radical (unpaired) electrons. The van der Waals surface area contributed by atoms with E-state index in [0.717, 1.165) is 6.54 Å². The van der Waals surface area contributed by atoms with E-state index in [0.29, 0.717) is 12.6 Å². The topological polar surface area (TPSA) is 84.4 Å². The third-order valence-electron chi connectivity index (χ3n) is 2.78. The van der Waals surface area contributed by atoms with Gasteiger partial charge in [-0.15, -0.1) is 0 Å². The van der Waals surface area contributed by atoms with Crippen molar-refractivity contribution < 1.29 is 4.79 Å². The van der Waals surface area contributed by atoms with Crippen LogP contribution in [0.15, 0.2) is 0 Å². The summed E-state index contributed by atoms with van der Waals surface area (Å²) in [5.74, 6) is -0.448. The number of hydrogen-bond donors (Lipinski definition) is 3. The number of nitrogens with one attached hydrogen (secondary N) is 1. The Morgan fingerprint density at radius 1 is 1.47 bits per heavy atom. The van der Waals surface area contributed by atoms with Crippen LogP contribution in [0.1, 0.15) is 19.8 Å². The number of rotatable bonds is 6. The van der Waals surface area contributed by atoms with Crippen LogP contribution in [0.2, 0.25) is 0 Å². The molecule has 0 saturated carbocycles. The molecule has 5 N–H and O–H groups in total. The molecule has 5 nitrogen and oxygen atoms in total. The molecule has 15 heavy (non-hydrogen) atoms. The van der Waals surface area contributed by atoms with Gasteiger partial charge in [-0.3, -0.25) is 4.79 Å². The van der Waals surface area contributed by atoms with Crippen LogP contribution in [-0.4, -0.2) is 49.1 Å². The van der Waals surface area contributed by atoms with Crippen LogP contribution in [0.4, 0.5) is 0 Å². The van der Waals surface area contributed by atoms with Crippen LogP contribution >= 0.6 is 0 Å². The molecule has 2 atom stereocenters. The molecule has 0 aromatic heterocycles. The number of nitrogens with two attached hydrogens (primary N) is 2. The van der Waals surface area contributed by atoms with Gasteiger partial charge in [0.1, 0.15) is 0 Å². The van der Waals surface area contributed by atoms with E-state index in [-0.39, 0.29) is 0 Å². The average Bonchev–Trinajstić information content (AvgIpc) is 2.66. The highest BCUT2D eigenvalue weighted by Crippen LogP contribution is 2.07. The van der Waals surface area contributed by atoms with E-state index >= 15 is 0 Å². The van der Waals surface area contributed by atoms with Crippen molar-refractivity contribution in [1.29, 1.82) is 0 Å². The molecule has 1 fully saturated rings. The summed E-state index contributed by atoms with van der Waals surface area (Å²) in [4.78, 5) is 13.1. The molecule has 1 aliphatic rings. The van der Waals surface area contributed by atoms with Crippen LogP contribution in [0.3, 0.4) is 0 Å². The van der Waals surface area contributed by atoms with E-state index in [1.165, 1.54) is 25.9 Å². The third kappa shape index (κ3) is 4.59. The van der Waals surface area contributed by atoms with E-state index in [1.54, 1.807) is 0 Å². The highest BCUT2D eigenvalue weighted by Gasteiger charge is 2.15. The molecule has 0 aromatic carbocycles. The summed E-state index contributed by atoms with van der Waals surface area (Å²) >= 11 is 0. The van der Waals surface area contributed by atoms with Gasteiger partial charge in [0.25, 0.3) is 0 Å². The summed E-state index contributed by atoms with van der Waals surface area (Å²) in [6.45, 7) is 5.96. The molecule has 1 saturated heterocycles. The summed E-state index contributed by atoms with van der Waals surface area (Å²) < 4.78 is 0. The monoisotopic (exact) mass is 214 g/mol. The summed E-state index contributed by atoms with van der Waals surface area (Å²) in [6.07, 6.45) is 2.60. The lowest BCUT2D eigenvalue weighted by molar-refractivity contribution is -0.119. The van der Waals surface area contributed by atoms with Gasteiger partial charge in [0.15, 0.2) is 0 Å². The fraction of sp³-hybridized carbons (Fsp3) is 0.900. The lowest BCUT2D eigenvalue weighted by Crippen LogP contribution is -2.48. The van der Waals surface area contributed by atoms with Gasteiger partial charge in [-0.1, -0.05) is 0 Å². The zero-order chi connectivity index (χ0) is 11.3. The first kappa shape index (κ1) is 12.4. The molecular weight excluding hydrogens is 192 g/mol.